The summed E-state index contributed by atoms with van der Waals surface area (Å²) in [7, 11) is 0. The number of carbonyl (C=O) groups is 1. The molecule has 0 aliphatic heterocycles. The van der Waals surface area contributed by atoms with Crippen molar-refractivity contribution in [2.24, 2.45) is 0 Å². The van der Waals surface area contributed by atoms with Crippen LogP contribution in [0.2, 0.25) is 0 Å². The number of benzene rings is 1. The van der Waals surface area contributed by atoms with Gasteiger partial charge in [-0.1, -0.05) is 37.6 Å². The van der Waals surface area contributed by atoms with Gasteiger partial charge in [-0.2, -0.15) is 0 Å². The normalized spacial score (nSPS) is 12.2. The molecule has 0 aromatic heterocycles. The Bertz CT molecular complexity index is 371. The maximum atomic E-state index is 11.4. The highest BCUT2D eigenvalue weighted by atomic mass is 16.1. The molecule has 2 heteroatoms. The lowest BCUT2D eigenvalue weighted by Crippen LogP contribution is -2.27. The van der Waals surface area contributed by atoms with E-state index in [0.29, 0.717) is 6.42 Å². The third kappa shape index (κ3) is 3.09. The molecule has 0 saturated heterocycles. The van der Waals surface area contributed by atoms with Gasteiger partial charge in [0.1, 0.15) is 0 Å². The van der Waals surface area contributed by atoms with Crippen LogP contribution >= 0.6 is 0 Å². The highest BCUT2D eigenvalue weighted by Gasteiger charge is 2.13. The van der Waals surface area contributed by atoms with Crippen LogP contribution in [0.4, 0.5) is 0 Å². The molecule has 0 aliphatic carbocycles. The van der Waals surface area contributed by atoms with Crippen LogP contribution in [0.1, 0.15) is 49.4 Å². The Hall–Kier alpha value is -1.31. The molecule has 0 unspecified atom stereocenters. The van der Waals surface area contributed by atoms with Crippen LogP contribution in [-0.2, 0) is 4.79 Å². The first kappa shape index (κ1) is 12.8. The van der Waals surface area contributed by atoms with E-state index in [4.69, 9.17) is 0 Å². The minimum Gasteiger partial charge on any atom is -0.349 e. The Labute approximate surface area is 98.1 Å². The first-order chi connectivity index (χ1) is 7.58. The standard InChI is InChI=1S/C14H21NO/c1-5-13(15-14(16)6-2)12-8-7-10(3)9-11(12)4/h7-9,13H,5-6H2,1-4H3,(H,15,16)/t13-/m1/s1. The van der Waals surface area contributed by atoms with Crippen molar-refractivity contribution in [2.45, 2.75) is 46.6 Å². The van der Waals surface area contributed by atoms with Gasteiger partial charge in [-0.3, -0.25) is 4.79 Å². The highest BCUT2D eigenvalue weighted by molar-refractivity contribution is 5.76. The van der Waals surface area contributed by atoms with Crippen molar-refractivity contribution < 1.29 is 4.79 Å². The monoisotopic (exact) mass is 219 g/mol. The van der Waals surface area contributed by atoms with Gasteiger partial charge < -0.3 is 5.32 Å². The van der Waals surface area contributed by atoms with Gasteiger partial charge in [0.25, 0.3) is 0 Å². The van der Waals surface area contributed by atoms with Crippen LogP contribution in [0.3, 0.4) is 0 Å². The smallest absolute Gasteiger partial charge is 0.220 e. The van der Waals surface area contributed by atoms with E-state index in [2.05, 4.69) is 44.3 Å². The molecule has 0 aliphatic rings. The van der Waals surface area contributed by atoms with E-state index in [0.717, 1.165) is 6.42 Å². The summed E-state index contributed by atoms with van der Waals surface area (Å²) in [5.74, 6) is 0.117. The van der Waals surface area contributed by atoms with E-state index < -0.39 is 0 Å². The van der Waals surface area contributed by atoms with Gasteiger partial charge in [-0.05, 0) is 31.4 Å². The second-order valence-electron chi connectivity index (χ2n) is 4.24. The quantitative estimate of drug-likeness (QED) is 0.827. The zero-order valence-electron chi connectivity index (χ0n) is 10.6. The average molecular weight is 219 g/mol. The number of hydrogen-bond donors (Lipinski definition) is 1. The molecule has 0 spiro atoms. The third-order valence-electron chi connectivity index (χ3n) is 2.87. The van der Waals surface area contributed by atoms with Gasteiger partial charge in [-0.25, -0.2) is 0 Å². The fraction of sp³-hybridized carbons (Fsp3) is 0.500. The number of aryl methyl sites for hydroxylation is 2. The van der Waals surface area contributed by atoms with Crippen molar-refractivity contribution in [2.75, 3.05) is 0 Å². The summed E-state index contributed by atoms with van der Waals surface area (Å²) < 4.78 is 0. The van der Waals surface area contributed by atoms with Crippen molar-refractivity contribution in [3.63, 3.8) is 0 Å². The molecule has 1 atom stereocenters. The number of carbonyl (C=O) groups excluding carboxylic acids is 1. The second-order valence-corrected chi connectivity index (χ2v) is 4.24. The highest BCUT2D eigenvalue weighted by Crippen LogP contribution is 2.21. The van der Waals surface area contributed by atoms with Gasteiger partial charge in [-0.15, -0.1) is 0 Å². The van der Waals surface area contributed by atoms with Gasteiger partial charge in [0.05, 0.1) is 6.04 Å². The van der Waals surface area contributed by atoms with Gasteiger partial charge in [0.2, 0.25) is 5.91 Å². The van der Waals surface area contributed by atoms with E-state index in [1.54, 1.807) is 0 Å². The number of rotatable bonds is 4. The SMILES string of the molecule is CCC(=O)N[C@H](CC)c1ccc(C)cc1C. The van der Waals surface area contributed by atoms with E-state index >= 15 is 0 Å². The van der Waals surface area contributed by atoms with Crippen molar-refractivity contribution >= 4 is 5.91 Å². The lowest BCUT2D eigenvalue weighted by atomic mass is 9.97. The summed E-state index contributed by atoms with van der Waals surface area (Å²) in [6.45, 7) is 8.16. The predicted octanol–water partition coefficient (Wildman–Crippen LogP) is 3.28. The largest absolute Gasteiger partial charge is 0.349 e. The Morgan fingerprint density at radius 3 is 2.50 bits per heavy atom. The molecule has 0 saturated carbocycles. The first-order valence-electron chi connectivity index (χ1n) is 5.95. The fourth-order valence-corrected chi connectivity index (χ4v) is 1.91. The zero-order chi connectivity index (χ0) is 12.1. The Balaban J connectivity index is 2.90. The third-order valence-corrected chi connectivity index (χ3v) is 2.87. The fourth-order valence-electron chi connectivity index (χ4n) is 1.91. The maximum absolute atomic E-state index is 11.4. The molecular formula is C14H21NO. The molecule has 1 aromatic rings. The summed E-state index contributed by atoms with van der Waals surface area (Å²) >= 11 is 0. The maximum Gasteiger partial charge on any atom is 0.220 e. The lowest BCUT2D eigenvalue weighted by molar-refractivity contribution is -0.121. The zero-order valence-corrected chi connectivity index (χ0v) is 10.6. The molecule has 1 rings (SSSR count). The van der Waals surface area contributed by atoms with Crippen molar-refractivity contribution in [3.8, 4) is 0 Å². The second kappa shape index (κ2) is 5.69. The van der Waals surface area contributed by atoms with Crippen LogP contribution in [-0.4, -0.2) is 5.91 Å². The van der Waals surface area contributed by atoms with E-state index in [1.807, 2.05) is 6.92 Å². The summed E-state index contributed by atoms with van der Waals surface area (Å²) in [5.41, 5.74) is 3.75. The lowest BCUT2D eigenvalue weighted by Gasteiger charge is -2.19. The summed E-state index contributed by atoms with van der Waals surface area (Å²) in [5, 5.41) is 3.05. The predicted molar refractivity (Wildman–Crippen MR) is 67.4 cm³/mol. The van der Waals surface area contributed by atoms with Crippen LogP contribution in [0.25, 0.3) is 0 Å². The molecule has 1 aromatic carbocycles. The topological polar surface area (TPSA) is 29.1 Å². The molecule has 2 nitrogen and oxygen atoms in total. The molecular weight excluding hydrogens is 198 g/mol. The number of amides is 1. The number of nitrogens with one attached hydrogen (secondary N) is 1. The van der Waals surface area contributed by atoms with E-state index in [9.17, 15) is 4.79 Å². The Morgan fingerprint density at radius 1 is 1.31 bits per heavy atom. The Kier molecular flexibility index (Phi) is 4.53. The molecule has 1 N–H and O–H groups in total. The average Bonchev–Trinajstić information content (AvgIpc) is 2.26. The van der Waals surface area contributed by atoms with Crippen LogP contribution < -0.4 is 5.32 Å². The minimum atomic E-state index is 0.117. The molecule has 0 fully saturated rings. The van der Waals surface area contributed by atoms with Crippen LogP contribution in [0.5, 0.6) is 0 Å². The van der Waals surface area contributed by atoms with Crippen molar-refractivity contribution in [3.05, 3.63) is 34.9 Å². The van der Waals surface area contributed by atoms with Gasteiger partial charge >= 0.3 is 0 Å². The summed E-state index contributed by atoms with van der Waals surface area (Å²) in [6, 6.07) is 6.53. The van der Waals surface area contributed by atoms with Crippen LogP contribution in [0.15, 0.2) is 18.2 Å². The first-order valence-corrected chi connectivity index (χ1v) is 5.95. The van der Waals surface area contributed by atoms with Crippen molar-refractivity contribution in [1.29, 1.82) is 0 Å². The molecule has 88 valence electrons. The Morgan fingerprint density at radius 2 is 2.00 bits per heavy atom. The number of hydrogen-bond acceptors (Lipinski definition) is 1. The summed E-state index contributed by atoms with van der Waals surface area (Å²) in [6.07, 6.45) is 1.47. The van der Waals surface area contributed by atoms with Crippen molar-refractivity contribution in [1.82, 2.24) is 5.32 Å². The molecule has 0 heterocycles. The van der Waals surface area contributed by atoms with E-state index in [1.165, 1.54) is 16.7 Å². The molecule has 16 heavy (non-hydrogen) atoms. The van der Waals surface area contributed by atoms with E-state index in [-0.39, 0.29) is 11.9 Å². The summed E-state index contributed by atoms with van der Waals surface area (Å²) in [4.78, 5) is 11.4. The molecule has 0 radical (unpaired) electrons. The van der Waals surface area contributed by atoms with Crippen LogP contribution in [0, 0.1) is 13.8 Å². The van der Waals surface area contributed by atoms with Gasteiger partial charge in [0, 0.05) is 6.42 Å². The minimum absolute atomic E-state index is 0.117. The van der Waals surface area contributed by atoms with Gasteiger partial charge in [0.15, 0.2) is 0 Å². The molecule has 1 amide bonds. The molecule has 0 bridgehead atoms.